The number of fused-ring (bicyclic) bond motifs is 1. The maximum Gasteiger partial charge on any atom is 0.121 e. The Labute approximate surface area is 93.1 Å². The molecule has 0 aliphatic rings. The summed E-state index contributed by atoms with van der Waals surface area (Å²) in [5.41, 5.74) is 0.846. The fourth-order valence-electron chi connectivity index (χ4n) is 1.38. The fourth-order valence-corrected chi connectivity index (χ4v) is 1.38. The SMILES string of the molecule is OCC(O)COc1ccc2cccnc2c1. The molecule has 0 spiro atoms. The van der Waals surface area contributed by atoms with Crippen molar-refractivity contribution < 1.29 is 14.9 Å². The minimum Gasteiger partial charge on any atom is -0.491 e. The van der Waals surface area contributed by atoms with E-state index in [9.17, 15) is 0 Å². The molecule has 16 heavy (non-hydrogen) atoms. The number of pyridine rings is 1. The van der Waals surface area contributed by atoms with Gasteiger partial charge in [0, 0.05) is 17.6 Å². The van der Waals surface area contributed by atoms with E-state index in [1.165, 1.54) is 0 Å². The van der Waals surface area contributed by atoms with E-state index in [0.29, 0.717) is 5.75 Å². The summed E-state index contributed by atoms with van der Waals surface area (Å²) in [6, 6.07) is 9.36. The highest BCUT2D eigenvalue weighted by Crippen LogP contribution is 2.18. The van der Waals surface area contributed by atoms with Crippen molar-refractivity contribution >= 4 is 10.9 Å². The van der Waals surface area contributed by atoms with Crippen LogP contribution in [0, 0.1) is 0 Å². The Kier molecular flexibility index (Phi) is 3.34. The van der Waals surface area contributed by atoms with Crippen LogP contribution in [0.25, 0.3) is 10.9 Å². The summed E-state index contributed by atoms with van der Waals surface area (Å²) < 4.78 is 5.32. The number of aromatic nitrogens is 1. The molecular weight excluding hydrogens is 206 g/mol. The number of ether oxygens (including phenoxy) is 1. The van der Waals surface area contributed by atoms with Crippen LogP contribution < -0.4 is 4.74 Å². The van der Waals surface area contributed by atoms with Gasteiger partial charge in [0.05, 0.1) is 12.1 Å². The second-order valence-electron chi connectivity index (χ2n) is 3.51. The quantitative estimate of drug-likeness (QED) is 0.804. The van der Waals surface area contributed by atoms with Crippen LogP contribution in [0.2, 0.25) is 0 Å². The normalized spacial score (nSPS) is 12.6. The number of nitrogens with zero attached hydrogens (tertiary/aromatic N) is 1. The molecule has 1 aromatic heterocycles. The van der Waals surface area contributed by atoms with Crippen molar-refractivity contribution in [2.45, 2.75) is 6.10 Å². The van der Waals surface area contributed by atoms with E-state index in [1.807, 2.05) is 24.3 Å². The highest BCUT2D eigenvalue weighted by Gasteiger charge is 2.03. The Morgan fingerprint density at radius 1 is 1.31 bits per heavy atom. The second kappa shape index (κ2) is 4.92. The topological polar surface area (TPSA) is 62.6 Å². The summed E-state index contributed by atoms with van der Waals surface area (Å²) in [6.45, 7) is -0.222. The van der Waals surface area contributed by atoms with Crippen molar-refractivity contribution in [1.29, 1.82) is 0 Å². The van der Waals surface area contributed by atoms with Crippen LogP contribution in [-0.2, 0) is 0 Å². The van der Waals surface area contributed by atoms with Gasteiger partial charge in [0.1, 0.15) is 18.5 Å². The molecule has 0 aliphatic heterocycles. The Hall–Kier alpha value is -1.65. The Morgan fingerprint density at radius 2 is 2.19 bits per heavy atom. The van der Waals surface area contributed by atoms with Crippen LogP contribution in [0.15, 0.2) is 36.5 Å². The summed E-state index contributed by atoms with van der Waals surface area (Å²) in [7, 11) is 0. The number of rotatable bonds is 4. The summed E-state index contributed by atoms with van der Waals surface area (Å²) in [5.74, 6) is 0.638. The Morgan fingerprint density at radius 3 is 3.00 bits per heavy atom. The first-order chi connectivity index (χ1) is 7.79. The number of hydrogen-bond acceptors (Lipinski definition) is 4. The molecule has 84 valence electrons. The maximum atomic E-state index is 9.14. The molecule has 1 heterocycles. The van der Waals surface area contributed by atoms with Gasteiger partial charge >= 0.3 is 0 Å². The molecule has 2 N–H and O–H groups in total. The van der Waals surface area contributed by atoms with Gasteiger partial charge < -0.3 is 14.9 Å². The van der Waals surface area contributed by atoms with Gasteiger partial charge in [-0.25, -0.2) is 0 Å². The lowest BCUT2D eigenvalue weighted by Crippen LogP contribution is -2.21. The maximum absolute atomic E-state index is 9.14. The standard InChI is InChI=1S/C12H13NO3/c14-7-10(15)8-16-11-4-3-9-2-1-5-13-12(9)6-11/h1-6,10,14-15H,7-8H2. The lowest BCUT2D eigenvalue weighted by Gasteiger charge is -2.09. The van der Waals surface area contributed by atoms with Crippen LogP contribution in [0.4, 0.5) is 0 Å². The third kappa shape index (κ3) is 2.48. The number of aliphatic hydroxyl groups excluding tert-OH is 2. The number of hydrogen-bond donors (Lipinski definition) is 2. The molecule has 2 rings (SSSR count). The molecule has 0 saturated heterocycles. The molecule has 0 fully saturated rings. The van der Waals surface area contributed by atoms with E-state index < -0.39 is 6.10 Å². The molecule has 1 unspecified atom stereocenters. The van der Waals surface area contributed by atoms with Crippen LogP contribution >= 0.6 is 0 Å². The molecule has 0 radical (unpaired) electrons. The number of benzene rings is 1. The van der Waals surface area contributed by atoms with E-state index in [2.05, 4.69) is 4.98 Å². The van der Waals surface area contributed by atoms with Gasteiger partial charge in [-0.1, -0.05) is 6.07 Å². The Balaban J connectivity index is 2.13. The zero-order chi connectivity index (χ0) is 11.4. The molecule has 1 atom stereocenters. The first-order valence-corrected chi connectivity index (χ1v) is 5.06. The van der Waals surface area contributed by atoms with Gasteiger partial charge in [-0.3, -0.25) is 4.98 Å². The van der Waals surface area contributed by atoms with Gasteiger partial charge in [-0.2, -0.15) is 0 Å². The van der Waals surface area contributed by atoms with E-state index in [0.717, 1.165) is 10.9 Å². The minimum atomic E-state index is -0.848. The van der Waals surface area contributed by atoms with Crippen LogP contribution in [0.5, 0.6) is 5.75 Å². The third-order valence-corrected chi connectivity index (χ3v) is 2.23. The molecule has 4 nitrogen and oxygen atoms in total. The van der Waals surface area contributed by atoms with Gasteiger partial charge in [0.15, 0.2) is 0 Å². The van der Waals surface area contributed by atoms with Crippen molar-refractivity contribution in [1.82, 2.24) is 4.98 Å². The van der Waals surface area contributed by atoms with E-state index in [4.69, 9.17) is 14.9 Å². The van der Waals surface area contributed by atoms with Crippen molar-refractivity contribution in [3.63, 3.8) is 0 Å². The molecule has 0 amide bonds. The average molecular weight is 219 g/mol. The van der Waals surface area contributed by atoms with Crippen molar-refractivity contribution in [2.75, 3.05) is 13.2 Å². The highest BCUT2D eigenvalue weighted by atomic mass is 16.5. The molecular formula is C12H13NO3. The molecule has 0 bridgehead atoms. The smallest absolute Gasteiger partial charge is 0.121 e. The summed E-state index contributed by atoms with van der Waals surface area (Å²) in [4.78, 5) is 4.20. The van der Waals surface area contributed by atoms with Gasteiger partial charge in [-0.15, -0.1) is 0 Å². The second-order valence-corrected chi connectivity index (χ2v) is 3.51. The summed E-state index contributed by atoms with van der Waals surface area (Å²) in [5, 5.41) is 18.8. The van der Waals surface area contributed by atoms with E-state index in [1.54, 1.807) is 12.3 Å². The summed E-state index contributed by atoms with van der Waals surface area (Å²) >= 11 is 0. The van der Waals surface area contributed by atoms with Crippen molar-refractivity contribution in [2.24, 2.45) is 0 Å². The van der Waals surface area contributed by atoms with Crippen molar-refractivity contribution in [3.8, 4) is 5.75 Å². The monoisotopic (exact) mass is 219 g/mol. The lowest BCUT2D eigenvalue weighted by atomic mass is 10.2. The average Bonchev–Trinajstić information content (AvgIpc) is 2.35. The molecule has 0 saturated carbocycles. The van der Waals surface area contributed by atoms with E-state index >= 15 is 0 Å². The van der Waals surface area contributed by atoms with Gasteiger partial charge in [0.2, 0.25) is 0 Å². The predicted molar refractivity (Wildman–Crippen MR) is 60.3 cm³/mol. The highest BCUT2D eigenvalue weighted by molar-refractivity contribution is 5.79. The van der Waals surface area contributed by atoms with Gasteiger partial charge in [-0.05, 0) is 18.2 Å². The fraction of sp³-hybridized carbons (Fsp3) is 0.250. The number of aliphatic hydroxyl groups is 2. The van der Waals surface area contributed by atoms with E-state index in [-0.39, 0.29) is 13.2 Å². The first-order valence-electron chi connectivity index (χ1n) is 5.06. The zero-order valence-corrected chi connectivity index (χ0v) is 8.71. The molecule has 2 aromatic rings. The van der Waals surface area contributed by atoms with Crippen LogP contribution in [0.3, 0.4) is 0 Å². The largest absolute Gasteiger partial charge is 0.491 e. The van der Waals surface area contributed by atoms with Crippen LogP contribution in [-0.4, -0.2) is 34.5 Å². The zero-order valence-electron chi connectivity index (χ0n) is 8.71. The minimum absolute atomic E-state index is 0.0782. The molecule has 1 aromatic carbocycles. The van der Waals surface area contributed by atoms with Gasteiger partial charge in [0.25, 0.3) is 0 Å². The lowest BCUT2D eigenvalue weighted by molar-refractivity contribution is 0.0536. The first kappa shape index (κ1) is 10.9. The predicted octanol–water partition coefficient (Wildman–Crippen LogP) is 0.967. The summed E-state index contributed by atoms with van der Waals surface area (Å²) in [6.07, 6.45) is 0.869. The Bertz CT molecular complexity index is 473. The molecule has 4 heteroatoms. The van der Waals surface area contributed by atoms with Crippen LogP contribution in [0.1, 0.15) is 0 Å². The van der Waals surface area contributed by atoms with Crippen molar-refractivity contribution in [3.05, 3.63) is 36.5 Å². The third-order valence-electron chi connectivity index (χ3n) is 2.23. The molecule has 0 aliphatic carbocycles.